The number of nitrogens with zero attached hydrogens (tertiary/aromatic N) is 2. The number of nitrogens with one attached hydrogen (secondary N) is 3. The first-order valence-corrected chi connectivity index (χ1v) is 6.50. The topological polar surface area (TPSA) is 153 Å². The van der Waals surface area contributed by atoms with Crippen molar-refractivity contribution in [1.29, 1.82) is 0 Å². The fourth-order valence-corrected chi connectivity index (χ4v) is 1.99. The maximum Gasteiger partial charge on any atom is 0.187 e. The first-order valence-electron chi connectivity index (χ1n) is 5.69. The van der Waals surface area contributed by atoms with E-state index >= 15 is 0 Å². The number of rotatable bonds is 1. The minimum atomic E-state index is -1.55. The molecule has 1 aliphatic carbocycles. The molecule has 0 bridgehead atoms. The molecule has 0 spiro atoms. The quantitative estimate of drug-likeness (QED) is 0.219. The normalized spacial score (nSPS) is 28.4. The highest BCUT2D eigenvalue weighted by atomic mass is 32.1. The highest BCUT2D eigenvalue weighted by Gasteiger charge is 2.49. The number of hydrazine groups is 1. The Kier molecular flexibility index (Phi) is 4.06. The maximum absolute atomic E-state index is 10.7. The predicted molar refractivity (Wildman–Crippen MR) is 86.1 cm³/mol. The van der Waals surface area contributed by atoms with Crippen molar-refractivity contribution in [3.05, 3.63) is 24.0 Å². The van der Waals surface area contributed by atoms with Crippen molar-refractivity contribution in [3.8, 4) is 0 Å². The van der Waals surface area contributed by atoms with Crippen molar-refractivity contribution in [2.45, 2.75) is 5.60 Å². The Morgan fingerprint density at radius 3 is 2.71 bits per heavy atom. The number of hydrogen-bond donors (Lipinski definition) is 7. The van der Waals surface area contributed by atoms with Crippen LogP contribution in [0.1, 0.15) is 0 Å². The average molecular weight is 327 g/mol. The molecule has 2 atom stereocenters. The second kappa shape index (κ2) is 5.63. The molecule has 112 valence electrons. The van der Waals surface area contributed by atoms with Gasteiger partial charge >= 0.3 is 0 Å². The number of aliphatic hydroxyl groups is 2. The first kappa shape index (κ1) is 15.2. The van der Waals surface area contributed by atoms with Gasteiger partial charge in [0.1, 0.15) is 11.6 Å². The highest BCUT2D eigenvalue weighted by Crippen LogP contribution is 2.33. The molecule has 0 saturated heterocycles. The molecule has 1 aliphatic heterocycles. The van der Waals surface area contributed by atoms with Gasteiger partial charge in [-0.1, -0.05) is 0 Å². The summed E-state index contributed by atoms with van der Waals surface area (Å²) in [6, 6.07) is 0. The van der Waals surface area contributed by atoms with Gasteiger partial charge in [-0.3, -0.25) is 16.3 Å². The van der Waals surface area contributed by atoms with Gasteiger partial charge in [0.25, 0.3) is 0 Å². The van der Waals surface area contributed by atoms with E-state index in [1.807, 2.05) is 0 Å². The van der Waals surface area contributed by atoms with Gasteiger partial charge in [0.15, 0.2) is 21.7 Å². The molecule has 1 heterocycles. The molecule has 0 aromatic heterocycles. The van der Waals surface area contributed by atoms with Crippen LogP contribution >= 0.6 is 24.4 Å². The Balaban J connectivity index is 2.33. The molecule has 21 heavy (non-hydrogen) atoms. The van der Waals surface area contributed by atoms with E-state index in [4.69, 9.17) is 11.5 Å². The zero-order chi connectivity index (χ0) is 15.6. The molecule has 0 radical (unpaired) electrons. The number of fused-ring (bicyclic) bond motifs is 1. The third-order valence-corrected chi connectivity index (χ3v) is 2.98. The Labute approximate surface area is 130 Å². The third kappa shape index (κ3) is 3.09. The van der Waals surface area contributed by atoms with Crippen LogP contribution in [-0.2, 0) is 0 Å². The molecule has 9 N–H and O–H groups in total. The van der Waals surface area contributed by atoms with Crippen molar-refractivity contribution in [2.75, 3.05) is 0 Å². The van der Waals surface area contributed by atoms with E-state index in [9.17, 15) is 10.2 Å². The van der Waals surface area contributed by atoms with E-state index in [2.05, 4.69) is 50.8 Å². The fourth-order valence-electron chi connectivity index (χ4n) is 1.90. The van der Waals surface area contributed by atoms with E-state index in [1.165, 1.54) is 18.2 Å². The summed E-state index contributed by atoms with van der Waals surface area (Å²) in [4.78, 5) is 4.13. The van der Waals surface area contributed by atoms with Crippen LogP contribution < -0.4 is 27.7 Å². The summed E-state index contributed by atoms with van der Waals surface area (Å²) in [5.74, 6) is -0.425. The van der Waals surface area contributed by atoms with Crippen molar-refractivity contribution in [2.24, 2.45) is 27.5 Å². The monoisotopic (exact) mass is 327 g/mol. The van der Waals surface area contributed by atoms with Gasteiger partial charge in [0.05, 0.1) is 5.92 Å². The summed E-state index contributed by atoms with van der Waals surface area (Å²) in [5.41, 5.74) is 16.6. The standard InChI is InChI=1S/C10H13N7O2S2/c11-8(20)16-14-6-5-3-4(18)1-2-10(5,19)7(13-6)15-17-9(12)21/h1-3,5,18-19H,(H3,11,16,20)(H3,12,17,21)(H,13,14,15). The number of aliphatic hydroxyl groups excluding tert-OH is 1. The lowest BCUT2D eigenvalue weighted by Crippen LogP contribution is -2.50. The average Bonchev–Trinajstić information content (AvgIpc) is 2.67. The zero-order valence-electron chi connectivity index (χ0n) is 10.6. The molecule has 9 nitrogen and oxygen atoms in total. The van der Waals surface area contributed by atoms with E-state index in [0.717, 1.165) is 0 Å². The molecule has 0 amide bonds. The van der Waals surface area contributed by atoms with Crippen molar-refractivity contribution in [1.82, 2.24) is 16.3 Å². The van der Waals surface area contributed by atoms with Crippen LogP contribution in [0.2, 0.25) is 0 Å². The number of allylic oxidation sites excluding steroid dienone is 1. The Morgan fingerprint density at radius 1 is 1.38 bits per heavy atom. The summed E-state index contributed by atoms with van der Waals surface area (Å²) in [6.45, 7) is 0. The highest BCUT2D eigenvalue weighted by molar-refractivity contribution is 7.80. The molecule has 2 rings (SSSR count). The molecule has 0 saturated carbocycles. The molecular formula is C10H13N7O2S2. The fraction of sp³-hybridized carbons (Fsp3) is 0.200. The van der Waals surface area contributed by atoms with Gasteiger partial charge in [0.2, 0.25) is 0 Å². The third-order valence-electron chi connectivity index (χ3n) is 2.78. The number of amidine groups is 2. The van der Waals surface area contributed by atoms with Gasteiger partial charge in [-0.2, -0.15) is 5.10 Å². The maximum atomic E-state index is 10.7. The smallest absolute Gasteiger partial charge is 0.187 e. The molecule has 11 heteroatoms. The summed E-state index contributed by atoms with van der Waals surface area (Å²) < 4.78 is 0. The largest absolute Gasteiger partial charge is 0.508 e. The summed E-state index contributed by atoms with van der Waals surface area (Å²) in [6.07, 6.45) is 4.12. The SMILES string of the molecule is NC(=S)NN=C1N=C(NNC(N)=S)C2C=C(O)C=CC12O. The number of aliphatic imine (C=N–C) groups is 1. The van der Waals surface area contributed by atoms with Crippen LogP contribution in [-0.4, -0.2) is 37.7 Å². The summed E-state index contributed by atoms with van der Waals surface area (Å²) in [7, 11) is 0. The first-order chi connectivity index (χ1) is 9.83. The summed E-state index contributed by atoms with van der Waals surface area (Å²) in [5, 5.41) is 24.0. The van der Waals surface area contributed by atoms with E-state index in [1.54, 1.807) is 0 Å². The Hall–Kier alpha value is -2.24. The Bertz CT molecular complexity index is 613. The van der Waals surface area contributed by atoms with Gasteiger partial charge in [-0.05, 0) is 42.7 Å². The lowest BCUT2D eigenvalue weighted by atomic mass is 9.84. The second-order valence-electron chi connectivity index (χ2n) is 4.25. The number of hydrazone groups is 1. The zero-order valence-corrected chi connectivity index (χ0v) is 12.2. The lowest BCUT2D eigenvalue weighted by Gasteiger charge is -2.27. The molecule has 0 fully saturated rings. The number of thiocarbonyl (C=S) groups is 2. The minimum absolute atomic E-state index is 0.00700. The van der Waals surface area contributed by atoms with Crippen molar-refractivity contribution < 1.29 is 10.2 Å². The molecule has 2 unspecified atom stereocenters. The molecule has 0 aromatic rings. The van der Waals surface area contributed by atoms with Crippen molar-refractivity contribution in [3.63, 3.8) is 0 Å². The van der Waals surface area contributed by atoms with Crippen LogP contribution in [0, 0.1) is 5.92 Å². The van der Waals surface area contributed by atoms with E-state index in [0.29, 0.717) is 0 Å². The van der Waals surface area contributed by atoms with E-state index in [-0.39, 0.29) is 27.7 Å². The van der Waals surface area contributed by atoms with Gasteiger partial charge < -0.3 is 21.7 Å². The summed E-state index contributed by atoms with van der Waals surface area (Å²) >= 11 is 9.32. The van der Waals surface area contributed by atoms with Crippen LogP contribution in [0.3, 0.4) is 0 Å². The molecular weight excluding hydrogens is 314 g/mol. The van der Waals surface area contributed by atoms with Crippen LogP contribution in [0.25, 0.3) is 0 Å². The molecule has 0 aromatic carbocycles. The lowest BCUT2D eigenvalue weighted by molar-refractivity contribution is 0.141. The van der Waals surface area contributed by atoms with Crippen LogP contribution in [0.15, 0.2) is 34.1 Å². The second-order valence-corrected chi connectivity index (χ2v) is 5.13. The Morgan fingerprint density at radius 2 is 2.10 bits per heavy atom. The van der Waals surface area contributed by atoms with Crippen molar-refractivity contribution >= 4 is 46.3 Å². The molecule has 2 aliphatic rings. The van der Waals surface area contributed by atoms with Gasteiger partial charge in [-0.15, -0.1) is 0 Å². The van der Waals surface area contributed by atoms with Gasteiger partial charge in [-0.25, -0.2) is 4.99 Å². The predicted octanol–water partition coefficient (Wildman–Crippen LogP) is -1.76. The number of nitrogens with two attached hydrogens (primary N) is 2. The van der Waals surface area contributed by atoms with Crippen LogP contribution in [0.4, 0.5) is 0 Å². The number of hydrogen-bond acceptors (Lipinski definition) is 6. The van der Waals surface area contributed by atoms with E-state index < -0.39 is 11.5 Å². The van der Waals surface area contributed by atoms with Gasteiger partial charge in [0, 0.05) is 0 Å². The van der Waals surface area contributed by atoms with Crippen LogP contribution in [0.5, 0.6) is 0 Å². The minimum Gasteiger partial charge on any atom is -0.508 e.